The highest BCUT2D eigenvalue weighted by atomic mass is 19.1. The Morgan fingerprint density at radius 2 is 2.22 bits per heavy atom. The Bertz CT molecular complexity index is 708. The monoisotopic (exact) mass is 318 g/mol. The van der Waals surface area contributed by atoms with E-state index in [1.54, 1.807) is 19.0 Å². The molecule has 0 spiro atoms. The molecule has 0 amide bonds. The summed E-state index contributed by atoms with van der Waals surface area (Å²) in [4.78, 5) is 12.0. The highest BCUT2D eigenvalue weighted by molar-refractivity contribution is 5.46. The molecule has 0 bridgehead atoms. The van der Waals surface area contributed by atoms with E-state index in [-0.39, 0.29) is 12.4 Å². The van der Waals surface area contributed by atoms with Crippen molar-refractivity contribution in [3.63, 3.8) is 0 Å². The van der Waals surface area contributed by atoms with Crippen molar-refractivity contribution in [2.45, 2.75) is 13.2 Å². The van der Waals surface area contributed by atoms with Crippen LogP contribution in [0, 0.1) is 5.82 Å². The number of fused-ring (bicyclic) bond motifs is 1. The zero-order chi connectivity index (χ0) is 16.4. The highest BCUT2D eigenvalue weighted by Crippen LogP contribution is 2.27. The van der Waals surface area contributed by atoms with E-state index >= 15 is 0 Å². The number of nitrogens with zero attached hydrogens (tertiary/aromatic N) is 4. The van der Waals surface area contributed by atoms with Gasteiger partial charge in [-0.05, 0) is 17.7 Å². The summed E-state index contributed by atoms with van der Waals surface area (Å²) in [6.07, 6.45) is 1.19. The smallest absolute Gasteiger partial charge is 0.227 e. The fourth-order valence-electron chi connectivity index (χ4n) is 2.53. The molecule has 7 heteroatoms. The zero-order valence-corrected chi connectivity index (χ0v) is 13.2. The summed E-state index contributed by atoms with van der Waals surface area (Å²) in [5, 5.41) is 9.29. The molecule has 2 aromatic rings. The van der Waals surface area contributed by atoms with E-state index in [4.69, 9.17) is 4.74 Å². The first-order valence-corrected chi connectivity index (χ1v) is 7.38. The van der Waals surface area contributed by atoms with Gasteiger partial charge in [0.1, 0.15) is 12.4 Å². The molecule has 1 aromatic heterocycles. The predicted octanol–water partition coefficient (Wildman–Crippen LogP) is 1.57. The first-order chi connectivity index (χ1) is 11.1. The largest absolute Gasteiger partial charge is 0.491 e. The predicted molar refractivity (Wildman–Crippen MR) is 85.2 cm³/mol. The van der Waals surface area contributed by atoms with Crippen molar-refractivity contribution in [2.24, 2.45) is 0 Å². The molecule has 2 heterocycles. The molecule has 3 rings (SSSR count). The number of rotatable bonds is 3. The number of hydrogen-bond donors (Lipinski definition) is 1. The average Bonchev–Trinajstić information content (AvgIpc) is 2.76. The van der Waals surface area contributed by atoms with Gasteiger partial charge in [0.15, 0.2) is 11.6 Å². The van der Waals surface area contributed by atoms with Crippen LogP contribution in [0.1, 0.15) is 11.1 Å². The molecule has 1 aromatic carbocycles. The van der Waals surface area contributed by atoms with E-state index < -0.39 is 5.82 Å². The molecular formula is C16H19FN4O2. The first kappa shape index (κ1) is 15.5. The minimum atomic E-state index is -0.451. The molecule has 1 aliphatic heterocycles. The third-order valence-corrected chi connectivity index (χ3v) is 3.71. The second-order valence-corrected chi connectivity index (χ2v) is 5.61. The van der Waals surface area contributed by atoms with Crippen LogP contribution in [0.3, 0.4) is 0 Å². The lowest BCUT2D eigenvalue weighted by molar-refractivity contribution is 0.281. The van der Waals surface area contributed by atoms with Crippen molar-refractivity contribution in [1.82, 2.24) is 9.97 Å². The molecule has 0 saturated heterocycles. The van der Waals surface area contributed by atoms with Crippen LogP contribution in [0.25, 0.3) is 0 Å². The minimum absolute atomic E-state index is 0.0227. The molecule has 1 aliphatic rings. The molecule has 6 nitrogen and oxygen atoms in total. The quantitative estimate of drug-likeness (QED) is 0.927. The molecule has 0 radical (unpaired) electrons. The van der Waals surface area contributed by atoms with E-state index in [0.717, 1.165) is 16.9 Å². The Kier molecular flexibility index (Phi) is 4.29. The van der Waals surface area contributed by atoms with Gasteiger partial charge >= 0.3 is 0 Å². The van der Waals surface area contributed by atoms with Crippen LogP contribution in [0.5, 0.6) is 5.75 Å². The summed E-state index contributed by atoms with van der Waals surface area (Å²) in [6.45, 7) is 1.61. The van der Waals surface area contributed by atoms with Crippen molar-refractivity contribution < 1.29 is 14.2 Å². The Morgan fingerprint density at radius 3 is 2.96 bits per heavy atom. The standard InChI is InChI=1S/C16H19FN4O2/c1-20(2)15-13(17)8-18-16(19-15)21-5-6-23-14-4-3-11(10-22)7-12(14)9-21/h3-4,7-8,22H,5-6,9-10H2,1-2H3. The first-order valence-electron chi connectivity index (χ1n) is 7.38. The van der Waals surface area contributed by atoms with Gasteiger partial charge in [-0.2, -0.15) is 4.98 Å². The summed E-state index contributed by atoms with van der Waals surface area (Å²) in [7, 11) is 3.48. The molecule has 1 N–H and O–H groups in total. The molecule has 0 aliphatic carbocycles. The van der Waals surface area contributed by atoms with Crippen molar-refractivity contribution >= 4 is 11.8 Å². The van der Waals surface area contributed by atoms with Gasteiger partial charge in [0.05, 0.1) is 19.3 Å². The van der Waals surface area contributed by atoms with Gasteiger partial charge in [0.2, 0.25) is 5.95 Å². The maximum absolute atomic E-state index is 13.8. The van der Waals surface area contributed by atoms with Gasteiger partial charge in [-0.15, -0.1) is 0 Å². The topological polar surface area (TPSA) is 61.7 Å². The summed E-state index contributed by atoms with van der Waals surface area (Å²) >= 11 is 0. The van der Waals surface area contributed by atoms with E-state index in [2.05, 4.69) is 9.97 Å². The lowest BCUT2D eigenvalue weighted by Gasteiger charge is -2.21. The maximum atomic E-state index is 13.8. The van der Waals surface area contributed by atoms with Crippen molar-refractivity contribution in [3.8, 4) is 5.75 Å². The van der Waals surface area contributed by atoms with Crippen molar-refractivity contribution in [2.75, 3.05) is 37.0 Å². The number of aliphatic hydroxyl groups excluding tert-OH is 1. The minimum Gasteiger partial charge on any atom is -0.491 e. The highest BCUT2D eigenvalue weighted by Gasteiger charge is 2.19. The lowest BCUT2D eigenvalue weighted by atomic mass is 10.1. The number of anilines is 2. The van der Waals surface area contributed by atoms with Gasteiger partial charge in [0, 0.05) is 26.2 Å². The Labute approximate surface area is 134 Å². The number of aromatic nitrogens is 2. The Hall–Kier alpha value is -2.41. The lowest BCUT2D eigenvalue weighted by Crippen LogP contribution is -2.28. The van der Waals surface area contributed by atoms with Crippen LogP contribution in [0.15, 0.2) is 24.4 Å². The van der Waals surface area contributed by atoms with Crippen LogP contribution in [0.2, 0.25) is 0 Å². The molecule has 0 atom stereocenters. The van der Waals surface area contributed by atoms with E-state index in [1.807, 2.05) is 23.1 Å². The summed E-state index contributed by atoms with van der Waals surface area (Å²) in [5.41, 5.74) is 1.77. The third-order valence-electron chi connectivity index (χ3n) is 3.71. The molecule has 0 unspecified atom stereocenters. The number of halogens is 1. The van der Waals surface area contributed by atoms with Gasteiger partial charge in [-0.25, -0.2) is 9.37 Å². The SMILES string of the molecule is CN(C)c1nc(N2CCOc3ccc(CO)cc3C2)ncc1F. The normalized spacial score (nSPS) is 14.0. The number of benzene rings is 1. The average molecular weight is 318 g/mol. The van der Waals surface area contributed by atoms with Gasteiger partial charge in [0.25, 0.3) is 0 Å². The van der Waals surface area contributed by atoms with E-state index in [9.17, 15) is 9.50 Å². The van der Waals surface area contributed by atoms with Crippen molar-refractivity contribution in [1.29, 1.82) is 0 Å². The summed E-state index contributed by atoms with van der Waals surface area (Å²) in [6, 6.07) is 5.61. The molecule has 23 heavy (non-hydrogen) atoms. The van der Waals surface area contributed by atoms with Crippen molar-refractivity contribution in [3.05, 3.63) is 41.3 Å². The van der Waals surface area contributed by atoms with Crippen LogP contribution >= 0.6 is 0 Å². The molecule has 0 saturated carbocycles. The number of hydrogen-bond acceptors (Lipinski definition) is 6. The third kappa shape index (κ3) is 3.19. The number of ether oxygens (including phenoxy) is 1. The van der Waals surface area contributed by atoms with Crippen LogP contribution in [0.4, 0.5) is 16.2 Å². The van der Waals surface area contributed by atoms with Crippen LogP contribution in [-0.4, -0.2) is 42.3 Å². The van der Waals surface area contributed by atoms with Crippen LogP contribution in [-0.2, 0) is 13.2 Å². The second-order valence-electron chi connectivity index (χ2n) is 5.61. The maximum Gasteiger partial charge on any atom is 0.227 e. The van der Waals surface area contributed by atoms with E-state index in [0.29, 0.717) is 25.6 Å². The molecule has 0 fully saturated rings. The zero-order valence-electron chi connectivity index (χ0n) is 13.2. The van der Waals surface area contributed by atoms with Gasteiger partial charge in [-0.3, -0.25) is 0 Å². The Balaban J connectivity index is 1.93. The number of aliphatic hydroxyl groups is 1. The molecular weight excluding hydrogens is 299 g/mol. The fourth-order valence-corrected chi connectivity index (χ4v) is 2.53. The molecule has 122 valence electrons. The summed E-state index contributed by atoms with van der Waals surface area (Å²) in [5.74, 6) is 1.05. The Morgan fingerprint density at radius 1 is 1.39 bits per heavy atom. The van der Waals surface area contributed by atoms with Gasteiger partial charge < -0.3 is 19.6 Å². The summed E-state index contributed by atoms with van der Waals surface area (Å²) < 4.78 is 19.5. The second kappa shape index (κ2) is 6.37. The van der Waals surface area contributed by atoms with Gasteiger partial charge in [-0.1, -0.05) is 6.07 Å². The van der Waals surface area contributed by atoms with Crippen LogP contribution < -0.4 is 14.5 Å². The fraction of sp³-hybridized carbons (Fsp3) is 0.375. The van der Waals surface area contributed by atoms with E-state index in [1.165, 1.54) is 6.20 Å².